The molecule has 5 rings (SSSR count). The van der Waals surface area contributed by atoms with Crippen LogP contribution in [0.2, 0.25) is 8.35 Å². The van der Waals surface area contributed by atoms with Crippen molar-refractivity contribution in [3.8, 4) is 0 Å². The van der Waals surface area contributed by atoms with Crippen LogP contribution in [0.25, 0.3) is 12.2 Å². The molecule has 2 N–H and O–H groups in total. The van der Waals surface area contributed by atoms with Gasteiger partial charge in [0.05, 0.1) is 0 Å². The van der Waals surface area contributed by atoms with E-state index < -0.39 is 20.0 Å². The second kappa shape index (κ2) is 7.94. The van der Waals surface area contributed by atoms with Gasteiger partial charge in [0.25, 0.3) is 0 Å². The summed E-state index contributed by atoms with van der Waals surface area (Å²) in [6, 6.07) is 18.1. The summed E-state index contributed by atoms with van der Waals surface area (Å²) in [7, 11) is 2.00. The fraction of sp³-hybridized carbons (Fsp3) is 0.273. The molecular weight excluding hydrogens is 475 g/mol. The maximum atomic E-state index is 7.00. The normalized spacial score (nSPS) is 22.9. The van der Waals surface area contributed by atoms with Crippen LogP contribution in [-0.4, -0.2) is 24.4 Å². The van der Waals surface area contributed by atoms with Crippen molar-refractivity contribution in [2.45, 2.75) is 15.7 Å². The van der Waals surface area contributed by atoms with E-state index in [0.717, 1.165) is 21.6 Å². The van der Waals surface area contributed by atoms with Crippen LogP contribution in [0.15, 0.2) is 60.7 Å². The first-order valence-electron chi connectivity index (χ1n) is 8.82. The molecule has 0 amide bonds. The van der Waals surface area contributed by atoms with Gasteiger partial charge in [0.15, 0.2) is 0 Å². The minimum atomic E-state index is -2.27. The summed E-state index contributed by atoms with van der Waals surface area (Å²) in [4.78, 5) is 0. The molecule has 0 aromatic heterocycles. The number of fused-ring (bicyclic) bond motifs is 2. The number of rotatable bonds is 2. The molecule has 0 radical (unpaired) electrons. The van der Waals surface area contributed by atoms with Gasteiger partial charge in [0, 0.05) is 14.2 Å². The van der Waals surface area contributed by atoms with Gasteiger partial charge in [-0.15, -0.1) is 0 Å². The van der Waals surface area contributed by atoms with E-state index in [-0.39, 0.29) is 0 Å². The molecule has 25 heavy (non-hydrogen) atoms. The third-order valence-corrected chi connectivity index (χ3v) is 24.1. The number of benzene rings is 2. The van der Waals surface area contributed by atoms with Crippen molar-refractivity contribution in [1.82, 2.24) is 0 Å². The smallest absolute Gasteiger partial charge is 0.0319 e. The van der Waals surface area contributed by atoms with E-state index >= 15 is 0 Å². The molecule has 2 aromatic carbocycles. The predicted molar refractivity (Wildman–Crippen MR) is 102 cm³/mol. The van der Waals surface area contributed by atoms with Crippen molar-refractivity contribution < 1.29 is 30.2 Å². The van der Waals surface area contributed by atoms with E-state index in [1.165, 1.54) is 11.1 Å². The van der Waals surface area contributed by atoms with Crippen molar-refractivity contribution in [2.24, 2.45) is 0 Å². The summed E-state index contributed by atoms with van der Waals surface area (Å²) in [5.74, 6) is 0. The summed E-state index contributed by atoms with van der Waals surface area (Å²) in [6.45, 7) is 0. The summed E-state index contributed by atoms with van der Waals surface area (Å²) < 4.78 is 4.77. The van der Waals surface area contributed by atoms with Gasteiger partial charge in [-0.2, -0.15) is 0 Å². The van der Waals surface area contributed by atoms with E-state index in [4.69, 9.17) is 10.2 Å². The summed E-state index contributed by atoms with van der Waals surface area (Å²) in [6.07, 6.45) is 9.86. The monoisotopic (exact) mass is 502 g/mol. The van der Waals surface area contributed by atoms with Crippen molar-refractivity contribution in [2.75, 3.05) is 14.2 Å². The first-order valence-corrected chi connectivity index (χ1v) is 18.1. The van der Waals surface area contributed by atoms with Gasteiger partial charge in [-0.1, -0.05) is 0 Å². The van der Waals surface area contributed by atoms with Crippen molar-refractivity contribution in [1.29, 1.82) is 0 Å². The summed E-state index contributed by atoms with van der Waals surface area (Å²) in [5.41, 5.74) is 6.22. The van der Waals surface area contributed by atoms with Gasteiger partial charge in [-0.25, -0.2) is 0 Å². The molecule has 130 valence electrons. The van der Waals surface area contributed by atoms with Gasteiger partial charge in [0.2, 0.25) is 0 Å². The average Bonchev–Trinajstić information content (AvgIpc) is 3.19. The Kier molecular flexibility index (Phi) is 5.88. The van der Waals surface area contributed by atoms with Crippen molar-refractivity contribution in [3.63, 3.8) is 0 Å². The van der Waals surface area contributed by atoms with Crippen LogP contribution in [-0.2, 0) is 20.0 Å². The molecule has 0 saturated carbocycles. The third kappa shape index (κ3) is 3.14. The fourth-order valence-corrected chi connectivity index (χ4v) is 29.6. The molecule has 0 spiro atoms. The number of aliphatic hydroxyl groups excluding tert-OH is 2. The second-order valence-corrected chi connectivity index (χ2v) is 23.6. The molecule has 1 heterocycles. The van der Waals surface area contributed by atoms with Gasteiger partial charge in [-0.05, 0) is 0 Å². The molecule has 2 atom stereocenters. The molecule has 3 aliphatic rings. The van der Waals surface area contributed by atoms with Crippen LogP contribution < -0.4 is 0 Å². The predicted octanol–water partition coefficient (Wildman–Crippen LogP) is 4.74. The summed E-state index contributed by atoms with van der Waals surface area (Å²) in [5, 5.41) is 14.0. The minimum absolute atomic E-state index is 0.814. The van der Waals surface area contributed by atoms with Crippen LogP contribution >= 0.6 is 0 Å². The molecule has 2 aromatic rings. The number of hydrogen-bond acceptors (Lipinski definition) is 2. The Morgan fingerprint density at radius 1 is 0.680 bits per heavy atom. The first-order chi connectivity index (χ1) is 12.4. The topological polar surface area (TPSA) is 40.5 Å². The SMILES string of the molecule is C1=C[CH]([Hf]2([CH]3C=Cc4ccccc43)[CH2][CH2]2)c2ccccc21.CO.CO. The average molecular weight is 501 g/mol. The van der Waals surface area contributed by atoms with Crippen LogP contribution in [0.1, 0.15) is 29.6 Å². The first kappa shape index (κ1) is 18.5. The Balaban J connectivity index is 0.000000428. The molecule has 0 bridgehead atoms. The van der Waals surface area contributed by atoms with Crippen molar-refractivity contribution in [3.05, 3.63) is 82.9 Å². The summed E-state index contributed by atoms with van der Waals surface area (Å²) >= 11 is -2.27. The maximum absolute atomic E-state index is 7.00. The third-order valence-electron chi connectivity index (χ3n) is 5.66. The second-order valence-electron chi connectivity index (χ2n) is 6.66. The maximum Gasteiger partial charge on any atom is 0.0319 e. The molecule has 1 fully saturated rings. The van der Waals surface area contributed by atoms with E-state index in [9.17, 15) is 0 Å². The standard InChI is InChI=1S/2C9H7.C2H4.2CH4O.Hf/c2*1-2-5-9-7-3-6-8(9)4-1;3*1-2;/h2*1-7H;1-2H2;2*2H,1H3;. The molecule has 1 aliphatic heterocycles. The molecule has 2 nitrogen and oxygen atoms in total. The van der Waals surface area contributed by atoms with Gasteiger partial charge < -0.3 is 10.2 Å². The number of aliphatic hydroxyl groups is 2. The Labute approximate surface area is 154 Å². The van der Waals surface area contributed by atoms with E-state index in [1.54, 1.807) is 19.5 Å². The molecule has 1 saturated heterocycles. The Bertz CT molecular complexity index is 727. The zero-order valence-electron chi connectivity index (χ0n) is 14.9. The van der Waals surface area contributed by atoms with E-state index in [1.807, 2.05) is 0 Å². The van der Waals surface area contributed by atoms with E-state index in [2.05, 4.69) is 72.8 Å². The quantitative estimate of drug-likeness (QED) is 0.585. The van der Waals surface area contributed by atoms with Crippen LogP contribution in [0.5, 0.6) is 0 Å². The van der Waals surface area contributed by atoms with Crippen LogP contribution in [0.4, 0.5) is 0 Å². The molecule has 2 unspecified atom stereocenters. The minimum Gasteiger partial charge on any atom is -0.400 e. The van der Waals surface area contributed by atoms with Gasteiger partial charge >= 0.3 is 131 Å². The van der Waals surface area contributed by atoms with Gasteiger partial charge in [-0.3, -0.25) is 0 Å². The fourth-order valence-electron chi connectivity index (χ4n) is 4.46. The van der Waals surface area contributed by atoms with Gasteiger partial charge in [0.1, 0.15) is 0 Å². The van der Waals surface area contributed by atoms with E-state index in [0.29, 0.717) is 0 Å². The number of allylic oxidation sites excluding steroid dienone is 2. The molecule has 3 heteroatoms. The molecular formula is C22H26HfO2. The Hall–Kier alpha value is -1.29. The zero-order valence-corrected chi connectivity index (χ0v) is 18.5. The van der Waals surface area contributed by atoms with Crippen LogP contribution in [0.3, 0.4) is 0 Å². The van der Waals surface area contributed by atoms with Crippen molar-refractivity contribution >= 4 is 12.2 Å². The Morgan fingerprint density at radius 2 is 1.08 bits per heavy atom. The number of hydrogen-bond donors (Lipinski definition) is 2. The largest absolute Gasteiger partial charge is 0.400 e. The zero-order chi connectivity index (χ0) is 17.9. The van der Waals surface area contributed by atoms with Crippen LogP contribution in [0, 0.1) is 0 Å². The molecule has 2 aliphatic carbocycles. The Morgan fingerprint density at radius 3 is 1.48 bits per heavy atom.